The van der Waals surface area contributed by atoms with Crippen LogP contribution in [0.1, 0.15) is 62.1 Å². The van der Waals surface area contributed by atoms with Gasteiger partial charge in [0.15, 0.2) is 27.8 Å². The number of H-pyrrole nitrogens is 1. The van der Waals surface area contributed by atoms with E-state index in [9.17, 15) is 14.7 Å². The molecule has 3 unspecified atom stereocenters. The van der Waals surface area contributed by atoms with E-state index in [0.717, 1.165) is 33.2 Å². The van der Waals surface area contributed by atoms with Crippen molar-refractivity contribution < 1.29 is 33.0 Å². The number of nitrogens with one attached hydrogen (secondary N) is 3. The minimum atomic E-state index is -1.31. The van der Waals surface area contributed by atoms with Crippen molar-refractivity contribution in [2.45, 2.75) is 64.0 Å². The van der Waals surface area contributed by atoms with Crippen molar-refractivity contribution in [2.24, 2.45) is 11.8 Å². The van der Waals surface area contributed by atoms with E-state index in [1.54, 1.807) is 13.8 Å². The summed E-state index contributed by atoms with van der Waals surface area (Å²) < 4.78 is 27.1. The first kappa shape index (κ1) is 33.3. The molecule has 0 radical (unpaired) electrons. The van der Waals surface area contributed by atoms with Crippen LogP contribution in [0.3, 0.4) is 0 Å². The molecule has 3 aromatic carbocycles. The van der Waals surface area contributed by atoms with Crippen molar-refractivity contribution >= 4 is 45.9 Å². The Morgan fingerprint density at radius 1 is 1.00 bits per heavy atom. The number of aliphatic hydroxyl groups is 1. The zero-order valence-electron chi connectivity index (χ0n) is 29.4. The van der Waals surface area contributed by atoms with Gasteiger partial charge in [-0.25, -0.2) is 4.98 Å². The average molecular weight is 767 g/mol. The Morgan fingerprint density at radius 3 is 2.59 bits per heavy atom. The van der Waals surface area contributed by atoms with Crippen molar-refractivity contribution in [1.82, 2.24) is 25.6 Å². The third-order valence-electron chi connectivity index (χ3n) is 11.0. The molecule has 14 heteroatoms. The number of aromatic nitrogens is 3. The van der Waals surface area contributed by atoms with Crippen LogP contribution in [-0.2, 0) is 21.4 Å². The molecule has 4 aliphatic rings. The summed E-state index contributed by atoms with van der Waals surface area (Å²) in [6, 6.07) is 15.6. The van der Waals surface area contributed by atoms with Crippen LogP contribution in [0, 0.1) is 11.8 Å². The van der Waals surface area contributed by atoms with E-state index in [2.05, 4.69) is 15.6 Å². The Bertz CT molecular complexity index is 2590. The monoisotopic (exact) mass is 765 g/mol. The van der Waals surface area contributed by atoms with Gasteiger partial charge in [0.1, 0.15) is 34.8 Å². The van der Waals surface area contributed by atoms with Gasteiger partial charge < -0.3 is 39.0 Å². The minimum Gasteiger partial charge on any atom is -0.453 e. The number of benzene rings is 3. The lowest BCUT2D eigenvalue weighted by Gasteiger charge is -2.28. The molecule has 3 aromatic heterocycles. The van der Waals surface area contributed by atoms with Gasteiger partial charge in [0.2, 0.25) is 17.7 Å². The molecule has 5 atom stereocenters. The fourth-order valence-electron chi connectivity index (χ4n) is 8.34. The predicted molar refractivity (Wildman–Crippen MR) is 198 cm³/mol. The van der Waals surface area contributed by atoms with E-state index in [0.29, 0.717) is 33.5 Å². The Balaban J connectivity index is 1.30. The Morgan fingerprint density at radius 2 is 1.80 bits per heavy atom. The highest BCUT2D eigenvalue weighted by atomic mass is 35.5. The maximum atomic E-state index is 14.2. The van der Waals surface area contributed by atoms with Crippen molar-refractivity contribution in [2.75, 3.05) is 0 Å². The minimum absolute atomic E-state index is 0.0716. The number of aromatic amines is 1. The van der Waals surface area contributed by atoms with Gasteiger partial charge in [0.05, 0.1) is 5.56 Å². The molecular formula is C40H33Cl2N5O7. The van der Waals surface area contributed by atoms with E-state index in [1.807, 2.05) is 68.4 Å². The first-order valence-corrected chi connectivity index (χ1v) is 18.6. The van der Waals surface area contributed by atoms with Gasteiger partial charge in [0.25, 0.3) is 12.2 Å². The summed E-state index contributed by atoms with van der Waals surface area (Å²) in [5, 5.41) is 17.7. The second-order valence-corrected chi connectivity index (χ2v) is 15.7. The summed E-state index contributed by atoms with van der Waals surface area (Å²) in [6.07, 6.45) is -2.14. The molecule has 6 aromatic rings. The Kier molecular flexibility index (Phi) is 7.15. The molecule has 7 heterocycles. The highest BCUT2D eigenvalue weighted by Crippen LogP contribution is 2.63. The van der Waals surface area contributed by atoms with Gasteiger partial charge >= 0.3 is 0 Å². The second kappa shape index (κ2) is 11.6. The summed E-state index contributed by atoms with van der Waals surface area (Å²) in [5.74, 6) is 0.243. The molecule has 1 spiro atoms. The van der Waals surface area contributed by atoms with Crippen LogP contribution in [0.2, 0.25) is 10.3 Å². The van der Waals surface area contributed by atoms with Crippen LogP contribution in [0.25, 0.3) is 44.9 Å². The molecule has 4 aliphatic heterocycles. The van der Waals surface area contributed by atoms with Gasteiger partial charge in [-0.3, -0.25) is 9.59 Å². The zero-order chi connectivity index (χ0) is 37.4. The maximum absolute atomic E-state index is 14.2. The molecule has 4 N–H and O–H groups in total. The number of amides is 2. The van der Waals surface area contributed by atoms with Crippen molar-refractivity contribution in [1.29, 1.82) is 0 Å². The van der Waals surface area contributed by atoms with Gasteiger partial charge in [-0.05, 0) is 35.1 Å². The van der Waals surface area contributed by atoms with Crippen molar-refractivity contribution in [3.05, 3.63) is 93.2 Å². The third kappa shape index (κ3) is 4.47. The number of carbonyl (C=O) groups excluding carboxylic acids is 2. The maximum Gasteiger partial charge on any atom is 0.262 e. The molecule has 10 rings (SSSR count). The SMILES string of the molecule is CC(C)C(O)C(=O)N[C@H]1Cc2ccc3c(c2)C24c5cccc(c5OC2O3)-c2cccc3[nH]c(Cl)c(c23)-c2oc(nc2Cl)-c2nc(oc24)[C@H](C(C)C)NC1=O. The van der Waals surface area contributed by atoms with Gasteiger partial charge in [0, 0.05) is 34.0 Å². The molecule has 0 aliphatic carbocycles. The number of rotatable bonds is 4. The van der Waals surface area contributed by atoms with Gasteiger partial charge in [-0.2, -0.15) is 4.98 Å². The highest BCUT2D eigenvalue weighted by Gasteiger charge is 2.63. The van der Waals surface area contributed by atoms with Crippen LogP contribution in [0.4, 0.5) is 0 Å². The number of hydrogen-bond acceptors (Lipinski definition) is 9. The molecule has 12 nitrogen and oxygen atoms in total. The Labute approximate surface area is 318 Å². The number of nitrogens with zero attached hydrogens (tertiary/aromatic N) is 2. The number of hydrogen-bond donors (Lipinski definition) is 4. The molecule has 2 amide bonds. The Hall–Kier alpha value is -5.30. The largest absolute Gasteiger partial charge is 0.453 e. The number of fused-ring (bicyclic) bond motifs is 7. The second-order valence-electron chi connectivity index (χ2n) is 15.0. The summed E-state index contributed by atoms with van der Waals surface area (Å²) in [7, 11) is 0. The van der Waals surface area contributed by atoms with Crippen LogP contribution >= 0.6 is 23.2 Å². The quantitative estimate of drug-likeness (QED) is 0.147. The van der Waals surface area contributed by atoms with Crippen LogP contribution in [-0.4, -0.2) is 50.3 Å². The van der Waals surface area contributed by atoms with E-state index < -0.39 is 41.7 Å². The number of oxazole rings is 2. The number of aliphatic hydroxyl groups excluding tert-OH is 1. The number of ether oxygens (including phenoxy) is 2. The van der Waals surface area contributed by atoms with Crippen LogP contribution < -0.4 is 20.1 Å². The molecular weight excluding hydrogens is 733 g/mol. The standard InChI is InChI=1S/C40H33Cl2N5O7/c1-15(2)27-37-46-28-32(54-37)40-20-9-5-8-19(18-7-6-10-22-25(18)26(33(41)43-22)31-34(42)47-38(28)52-31)30(20)53-39(40)51-24-12-11-17(13-21(24)40)14-23(35(49)45-27)44-36(50)29(48)16(3)4/h5-13,15-16,23,27,29,39,43,48H,14H2,1-4H3,(H,44,50)(H,45,49)/t23-,27-,29?,39?,40?/m0/s1. The smallest absolute Gasteiger partial charge is 0.262 e. The molecule has 0 fully saturated rings. The summed E-state index contributed by atoms with van der Waals surface area (Å²) in [6.45, 7) is 7.32. The van der Waals surface area contributed by atoms with Crippen molar-refractivity contribution in [3.63, 3.8) is 0 Å². The lowest BCUT2D eigenvalue weighted by molar-refractivity contribution is -0.135. The average Bonchev–Trinajstić information content (AvgIpc) is 3.94. The first-order chi connectivity index (χ1) is 25.9. The first-order valence-electron chi connectivity index (χ1n) is 17.8. The highest BCUT2D eigenvalue weighted by molar-refractivity contribution is 6.37. The predicted octanol–water partition coefficient (Wildman–Crippen LogP) is 7.08. The van der Waals surface area contributed by atoms with Crippen molar-refractivity contribution in [3.8, 4) is 45.5 Å². The fraction of sp³-hybridized carbons (Fsp3) is 0.300. The normalized spacial score (nSPS) is 22.2. The topological polar surface area (TPSA) is 165 Å². The summed E-state index contributed by atoms with van der Waals surface area (Å²) >= 11 is 13.8. The lowest BCUT2D eigenvalue weighted by atomic mass is 9.72. The third-order valence-corrected chi connectivity index (χ3v) is 11.6. The number of carbonyl (C=O) groups is 2. The lowest BCUT2D eigenvalue weighted by Crippen LogP contribution is -2.52. The molecule has 274 valence electrons. The number of halogens is 2. The summed E-state index contributed by atoms with van der Waals surface area (Å²) in [5.41, 5.74) is 4.08. The molecule has 10 bridgehead atoms. The van der Waals surface area contributed by atoms with E-state index in [4.69, 9.17) is 51.5 Å². The molecule has 0 saturated carbocycles. The van der Waals surface area contributed by atoms with Crippen LogP contribution in [0.15, 0.2) is 63.4 Å². The number of para-hydroxylation sites is 1. The van der Waals surface area contributed by atoms with E-state index >= 15 is 0 Å². The van der Waals surface area contributed by atoms with Crippen LogP contribution in [0.5, 0.6) is 11.5 Å². The van der Waals surface area contributed by atoms with Gasteiger partial charge in [-0.15, -0.1) is 0 Å². The zero-order valence-corrected chi connectivity index (χ0v) is 30.9. The van der Waals surface area contributed by atoms with E-state index in [-0.39, 0.29) is 46.6 Å². The fourth-order valence-corrected chi connectivity index (χ4v) is 8.83. The molecule has 54 heavy (non-hydrogen) atoms. The van der Waals surface area contributed by atoms with E-state index in [1.165, 1.54) is 0 Å². The van der Waals surface area contributed by atoms with Gasteiger partial charge in [-0.1, -0.05) is 93.4 Å². The molecule has 0 saturated heterocycles. The summed E-state index contributed by atoms with van der Waals surface area (Å²) in [4.78, 5) is 40.4.